The number of amides is 2. The van der Waals surface area contributed by atoms with Crippen LogP contribution in [0.25, 0.3) is 0 Å². The minimum Gasteiger partial charge on any atom is -0.379 e. The molecule has 1 aliphatic rings. The van der Waals surface area contributed by atoms with Crippen molar-refractivity contribution in [1.82, 2.24) is 9.62 Å². The molecule has 0 saturated carbocycles. The first-order chi connectivity index (χ1) is 10.2. The van der Waals surface area contributed by atoms with Gasteiger partial charge in [-0.05, 0) is 12.8 Å². The van der Waals surface area contributed by atoms with Crippen LogP contribution < -0.4 is 11.1 Å². The molecule has 7 heteroatoms. The molecule has 0 bridgehead atoms. The molecule has 1 heterocycles. The van der Waals surface area contributed by atoms with Crippen molar-refractivity contribution in [2.75, 3.05) is 38.6 Å². The number of nitrogens with two attached hydrogens (primary N) is 1. The van der Waals surface area contributed by atoms with Gasteiger partial charge in [-0.1, -0.05) is 37.6 Å². The molecule has 3 N–H and O–H groups in total. The van der Waals surface area contributed by atoms with Crippen molar-refractivity contribution in [2.45, 2.75) is 38.5 Å². The van der Waals surface area contributed by atoms with Crippen LogP contribution in [0.5, 0.6) is 0 Å². The van der Waals surface area contributed by atoms with Crippen molar-refractivity contribution in [3.05, 3.63) is 0 Å². The standard InChI is InChI=1S/C14H27N3O3S/c15-13(18)14(19)16-7-5-3-1-2-4-6-12-21-17-8-10-20-11-9-17/h1-12H2,(H2,15,18)(H,16,19). The second kappa shape index (κ2) is 11.8. The van der Waals surface area contributed by atoms with Gasteiger partial charge < -0.3 is 15.8 Å². The van der Waals surface area contributed by atoms with E-state index >= 15 is 0 Å². The van der Waals surface area contributed by atoms with E-state index in [2.05, 4.69) is 9.62 Å². The van der Waals surface area contributed by atoms with E-state index in [0.717, 1.165) is 39.1 Å². The van der Waals surface area contributed by atoms with Crippen molar-refractivity contribution < 1.29 is 14.3 Å². The van der Waals surface area contributed by atoms with Gasteiger partial charge in [0.1, 0.15) is 0 Å². The smallest absolute Gasteiger partial charge is 0.309 e. The Kier molecular flexibility index (Phi) is 10.3. The van der Waals surface area contributed by atoms with E-state index in [9.17, 15) is 9.59 Å². The van der Waals surface area contributed by atoms with Crippen LogP contribution in [0, 0.1) is 0 Å². The monoisotopic (exact) mass is 317 g/mol. The molecule has 0 aromatic rings. The number of hydrogen-bond donors (Lipinski definition) is 2. The fraction of sp³-hybridized carbons (Fsp3) is 0.857. The number of carbonyl (C=O) groups excluding carboxylic acids is 2. The van der Waals surface area contributed by atoms with Crippen LogP contribution in [-0.2, 0) is 14.3 Å². The van der Waals surface area contributed by atoms with Gasteiger partial charge in [0.2, 0.25) is 0 Å². The lowest BCUT2D eigenvalue weighted by molar-refractivity contribution is -0.137. The maximum atomic E-state index is 10.9. The van der Waals surface area contributed by atoms with E-state index in [0.29, 0.717) is 6.54 Å². The van der Waals surface area contributed by atoms with E-state index in [1.54, 1.807) is 0 Å². The van der Waals surface area contributed by atoms with Crippen LogP contribution in [0.15, 0.2) is 0 Å². The summed E-state index contributed by atoms with van der Waals surface area (Å²) in [5, 5.41) is 2.50. The van der Waals surface area contributed by atoms with E-state index in [-0.39, 0.29) is 0 Å². The molecule has 122 valence electrons. The first kappa shape index (κ1) is 18.3. The minimum absolute atomic E-state index is 0.536. The zero-order valence-corrected chi connectivity index (χ0v) is 13.5. The van der Waals surface area contributed by atoms with Crippen molar-refractivity contribution >= 4 is 23.8 Å². The topological polar surface area (TPSA) is 84.7 Å². The van der Waals surface area contributed by atoms with Crippen LogP contribution >= 0.6 is 11.9 Å². The fourth-order valence-corrected chi connectivity index (χ4v) is 3.09. The average molecular weight is 317 g/mol. The quantitative estimate of drug-likeness (QED) is 0.355. The molecule has 0 unspecified atom stereocenters. The third-order valence-electron chi connectivity index (χ3n) is 3.32. The molecule has 0 spiro atoms. The number of hydrogen-bond acceptors (Lipinski definition) is 5. The van der Waals surface area contributed by atoms with Crippen LogP contribution in [0.2, 0.25) is 0 Å². The average Bonchev–Trinajstić information content (AvgIpc) is 2.49. The highest BCUT2D eigenvalue weighted by Crippen LogP contribution is 2.15. The van der Waals surface area contributed by atoms with Crippen LogP contribution in [0.1, 0.15) is 38.5 Å². The molecular weight excluding hydrogens is 290 g/mol. The van der Waals surface area contributed by atoms with Crippen LogP contribution in [0.3, 0.4) is 0 Å². The van der Waals surface area contributed by atoms with Gasteiger partial charge in [0, 0.05) is 25.4 Å². The molecule has 0 aliphatic carbocycles. The fourth-order valence-electron chi connectivity index (χ4n) is 2.09. The van der Waals surface area contributed by atoms with Gasteiger partial charge in [0.05, 0.1) is 13.2 Å². The van der Waals surface area contributed by atoms with Gasteiger partial charge in [-0.3, -0.25) is 9.59 Å². The molecule has 0 atom stereocenters. The molecule has 1 aliphatic heterocycles. The predicted octanol–water partition coefficient (Wildman–Crippen LogP) is 0.909. The third kappa shape index (κ3) is 9.71. The highest BCUT2D eigenvalue weighted by molar-refractivity contribution is 7.97. The van der Waals surface area contributed by atoms with Crippen molar-refractivity contribution in [3.63, 3.8) is 0 Å². The highest BCUT2D eigenvalue weighted by Gasteiger charge is 2.09. The van der Waals surface area contributed by atoms with Crippen molar-refractivity contribution in [3.8, 4) is 0 Å². The Balaban J connectivity index is 1.78. The van der Waals surface area contributed by atoms with Gasteiger partial charge >= 0.3 is 11.8 Å². The Morgan fingerprint density at radius 3 is 2.33 bits per heavy atom. The lowest BCUT2D eigenvalue weighted by atomic mass is 10.1. The summed E-state index contributed by atoms with van der Waals surface area (Å²) in [6, 6.07) is 0. The van der Waals surface area contributed by atoms with Crippen molar-refractivity contribution in [1.29, 1.82) is 0 Å². The van der Waals surface area contributed by atoms with Gasteiger partial charge in [-0.15, -0.1) is 0 Å². The van der Waals surface area contributed by atoms with Gasteiger partial charge in [0.15, 0.2) is 0 Å². The molecule has 0 radical (unpaired) electrons. The van der Waals surface area contributed by atoms with Gasteiger partial charge in [0.25, 0.3) is 0 Å². The molecule has 2 amide bonds. The third-order valence-corrected chi connectivity index (χ3v) is 4.53. The number of unbranched alkanes of at least 4 members (excludes halogenated alkanes) is 5. The van der Waals surface area contributed by atoms with E-state index in [1.165, 1.54) is 31.4 Å². The maximum Gasteiger partial charge on any atom is 0.309 e. The second-order valence-corrected chi connectivity index (χ2v) is 6.30. The second-order valence-electron chi connectivity index (χ2n) is 5.12. The summed E-state index contributed by atoms with van der Waals surface area (Å²) in [7, 11) is 0. The molecule has 0 aromatic heterocycles. The summed E-state index contributed by atoms with van der Waals surface area (Å²) in [4.78, 5) is 21.4. The SMILES string of the molecule is NC(=O)C(=O)NCCCCCCCCSN1CCOCC1. The molecule has 1 rings (SSSR count). The molecule has 21 heavy (non-hydrogen) atoms. The number of nitrogens with one attached hydrogen (secondary N) is 1. The number of carbonyl (C=O) groups is 2. The summed E-state index contributed by atoms with van der Waals surface area (Å²) in [6.45, 7) is 4.34. The predicted molar refractivity (Wildman–Crippen MR) is 84.8 cm³/mol. The summed E-state index contributed by atoms with van der Waals surface area (Å²) in [5.74, 6) is -0.405. The van der Waals surface area contributed by atoms with Gasteiger partial charge in [-0.2, -0.15) is 0 Å². The number of nitrogens with zero attached hydrogens (tertiary/aromatic N) is 1. The minimum atomic E-state index is -0.909. The summed E-state index contributed by atoms with van der Waals surface area (Å²) >= 11 is 1.94. The summed E-state index contributed by atoms with van der Waals surface area (Å²) in [6.07, 6.45) is 6.89. The zero-order chi connectivity index (χ0) is 15.3. The number of primary amides is 1. The summed E-state index contributed by atoms with van der Waals surface area (Å²) < 4.78 is 7.71. The van der Waals surface area contributed by atoms with E-state index < -0.39 is 11.8 Å². The zero-order valence-electron chi connectivity index (χ0n) is 12.6. The first-order valence-electron chi connectivity index (χ1n) is 7.73. The molecular formula is C14H27N3O3S. The van der Waals surface area contributed by atoms with E-state index in [4.69, 9.17) is 10.5 Å². The molecule has 0 aromatic carbocycles. The molecule has 6 nitrogen and oxygen atoms in total. The van der Waals surface area contributed by atoms with E-state index in [1.807, 2.05) is 11.9 Å². The highest BCUT2D eigenvalue weighted by atomic mass is 32.2. The largest absolute Gasteiger partial charge is 0.379 e. The molecule has 1 fully saturated rings. The Morgan fingerprint density at radius 2 is 1.67 bits per heavy atom. The lowest BCUT2D eigenvalue weighted by Crippen LogP contribution is -2.36. The number of ether oxygens (including phenoxy) is 1. The van der Waals surface area contributed by atoms with Gasteiger partial charge in [-0.25, -0.2) is 4.31 Å². The van der Waals surface area contributed by atoms with Crippen LogP contribution in [-0.4, -0.2) is 54.7 Å². The van der Waals surface area contributed by atoms with Crippen molar-refractivity contribution in [2.24, 2.45) is 5.73 Å². The first-order valence-corrected chi connectivity index (χ1v) is 8.67. The van der Waals surface area contributed by atoms with Crippen LogP contribution in [0.4, 0.5) is 0 Å². The normalized spacial score (nSPS) is 15.8. The Hall–Kier alpha value is -0.790. The number of morpholine rings is 1. The Bertz CT molecular complexity index is 310. The number of rotatable bonds is 10. The molecule has 1 saturated heterocycles. The maximum absolute atomic E-state index is 10.9. The Morgan fingerprint density at radius 1 is 1.05 bits per heavy atom. The Labute approximate surface area is 131 Å². The summed E-state index contributed by atoms with van der Waals surface area (Å²) in [5.41, 5.74) is 4.84. The lowest BCUT2D eigenvalue weighted by Gasteiger charge is -2.25.